The molecule has 0 aliphatic heterocycles. The van der Waals surface area contributed by atoms with Gasteiger partial charge < -0.3 is 10.6 Å². The SMILES string of the molecule is CN(c1c(N)cccc1Br)C(C)(C)C. The first-order valence-electron chi connectivity index (χ1n) is 4.62. The summed E-state index contributed by atoms with van der Waals surface area (Å²) < 4.78 is 1.04. The zero-order chi connectivity index (χ0) is 10.9. The lowest BCUT2D eigenvalue weighted by molar-refractivity contribution is 0.538. The number of anilines is 2. The monoisotopic (exact) mass is 256 g/mol. The molecule has 0 amide bonds. The predicted octanol–water partition coefficient (Wildman–Crippen LogP) is 3.27. The fourth-order valence-electron chi connectivity index (χ4n) is 1.22. The molecule has 0 aliphatic carbocycles. The lowest BCUT2D eigenvalue weighted by atomic mass is 10.1. The molecular weight excluding hydrogens is 240 g/mol. The highest BCUT2D eigenvalue weighted by Crippen LogP contribution is 2.34. The Balaban J connectivity index is 3.19. The molecule has 78 valence electrons. The molecule has 0 spiro atoms. The minimum atomic E-state index is 0.0675. The third-order valence-corrected chi connectivity index (χ3v) is 3.00. The van der Waals surface area contributed by atoms with Gasteiger partial charge in [-0.05, 0) is 48.8 Å². The van der Waals surface area contributed by atoms with Crippen LogP contribution in [0.2, 0.25) is 0 Å². The topological polar surface area (TPSA) is 29.3 Å². The summed E-state index contributed by atoms with van der Waals surface area (Å²) >= 11 is 3.52. The van der Waals surface area contributed by atoms with Gasteiger partial charge >= 0.3 is 0 Å². The molecule has 3 heteroatoms. The van der Waals surface area contributed by atoms with Gasteiger partial charge in [0.2, 0.25) is 0 Å². The summed E-state index contributed by atoms with van der Waals surface area (Å²) in [5, 5.41) is 0. The van der Waals surface area contributed by atoms with Gasteiger partial charge in [0, 0.05) is 17.1 Å². The molecule has 0 atom stereocenters. The molecule has 0 radical (unpaired) electrons. The maximum atomic E-state index is 5.95. The fraction of sp³-hybridized carbons (Fsp3) is 0.455. The van der Waals surface area contributed by atoms with E-state index in [-0.39, 0.29) is 5.54 Å². The van der Waals surface area contributed by atoms with Gasteiger partial charge in [-0.1, -0.05) is 6.07 Å². The summed E-state index contributed by atoms with van der Waals surface area (Å²) in [6, 6.07) is 5.87. The van der Waals surface area contributed by atoms with Crippen molar-refractivity contribution >= 4 is 27.3 Å². The van der Waals surface area contributed by atoms with Gasteiger partial charge in [-0.25, -0.2) is 0 Å². The first-order chi connectivity index (χ1) is 6.34. The van der Waals surface area contributed by atoms with Crippen LogP contribution in [0.5, 0.6) is 0 Å². The lowest BCUT2D eigenvalue weighted by Crippen LogP contribution is -2.38. The number of nitrogen functional groups attached to an aromatic ring is 1. The van der Waals surface area contributed by atoms with Crippen molar-refractivity contribution in [3.05, 3.63) is 22.7 Å². The van der Waals surface area contributed by atoms with Crippen molar-refractivity contribution in [2.75, 3.05) is 17.7 Å². The maximum Gasteiger partial charge on any atom is 0.0745 e. The van der Waals surface area contributed by atoms with Gasteiger partial charge in [0.05, 0.1) is 11.4 Å². The van der Waals surface area contributed by atoms with E-state index in [1.54, 1.807) is 0 Å². The van der Waals surface area contributed by atoms with Crippen LogP contribution in [-0.2, 0) is 0 Å². The summed E-state index contributed by atoms with van der Waals surface area (Å²) in [4.78, 5) is 2.17. The Bertz CT molecular complexity index is 308. The Hall–Kier alpha value is -0.700. The molecule has 0 aromatic heterocycles. The van der Waals surface area contributed by atoms with Crippen LogP contribution >= 0.6 is 15.9 Å². The van der Waals surface area contributed by atoms with Gasteiger partial charge in [-0.3, -0.25) is 0 Å². The predicted molar refractivity (Wildman–Crippen MR) is 66.7 cm³/mol. The van der Waals surface area contributed by atoms with Crippen LogP contribution in [0, 0.1) is 0 Å². The van der Waals surface area contributed by atoms with E-state index in [2.05, 4.69) is 48.6 Å². The molecule has 0 unspecified atom stereocenters. The van der Waals surface area contributed by atoms with Gasteiger partial charge in [0.1, 0.15) is 0 Å². The standard InChI is InChI=1S/C11H17BrN2/c1-11(2,3)14(4)10-8(12)6-5-7-9(10)13/h5-7H,13H2,1-4H3. The smallest absolute Gasteiger partial charge is 0.0745 e. The number of benzene rings is 1. The Morgan fingerprint density at radius 3 is 2.29 bits per heavy atom. The van der Waals surface area contributed by atoms with E-state index in [4.69, 9.17) is 5.73 Å². The average molecular weight is 257 g/mol. The molecule has 14 heavy (non-hydrogen) atoms. The molecule has 0 aliphatic rings. The van der Waals surface area contributed by atoms with Crippen molar-refractivity contribution in [3.8, 4) is 0 Å². The molecule has 1 aromatic carbocycles. The van der Waals surface area contributed by atoms with E-state index in [0.717, 1.165) is 15.8 Å². The molecular formula is C11H17BrN2. The van der Waals surface area contributed by atoms with E-state index in [1.807, 2.05) is 18.2 Å². The molecule has 2 N–H and O–H groups in total. The Morgan fingerprint density at radius 2 is 1.86 bits per heavy atom. The van der Waals surface area contributed by atoms with Crippen molar-refractivity contribution in [2.45, 2.75) is 26.3 Å². The molecule has 1 rings (SSSR count). The van der Waals surface area contributed by atoms with Crippen LogP contribution in [-0.4, -0.2) is 12.6 Å². The number of nitrogens with zero attached hydrogens (tertiary/aromatic N) is 1. The normalized spacial score (nSPS) is 11.5. The van der Waals surface area contributed by atoms with Crippen molar-refractivity contribution in [1.82, 2.24) is 0 Å². The van der Waals surface area contributed by atoms with Crippen molar-refractivity contribution in [2.24, 2.45) is 0 Å². The highest BCUT2D eigenvalue weighted by molar-refractivity contribution is 9.10. The Kier molecular flexibility index (Phi) is 3.10. The molecule has 2 nitrogen and oxygen atoms in total. The summed E-state index contributed by atoms with van der Waals surface area (Å²) in [6.45, 7) is 6.48. The van der Waals surface area contributed by atoms with Crippen LogP contribution in [0.25, 0.3) is 0 Å². The first kappa shape index (κ1) is 11.4. The van der Waals surface area contributed by atoms with Gasteiger partial charge in [0.25, 0.3) is 0 Å². The van der Waals surface area contributed by atoms with Crippen molar-refractivity contribution in [1.29, 1.82) is 0 Å². The molecule has 0 bridgehead atoms. The van der Waals surface area contributed by atoms with Crippen molar-refractivity contribution < 1.29 is 0 Å². The number of rotatable bonds is 1. The Morgan fingerprint density at radius 1 is 1.29 bits per heavy atom. The number of halogens is 1. The van der Waals surface area contributed by atoms with Crippen LogP contribution in [0.4, 0.5) is 11.4 Å². The largest absolute Gasteiger partial charge is 0.397 e. The van der Waals surface area contributed by atoms with Crippen LogP contribution in [0.1, 0.15) is 20.8 Å². The summed E-state index contributed by atoms with van der Waals surface area (Å²) in [5.41, 5.74) is 7.87. The minimum absolute atomic E-state index is 0.0675. The van der Waals surface area contributed by atoms with Crippen molar-refractivity contribution in [3.63, 3.8) is 0 Å². The minimum Gasteiger partial charge on any atom is -0.397 e. The molecule has 0 fully saturated rings. The van der Waals surface area contributed by atoms with E-state index in [1.165, 1.54) is 0 Å². The number of nitrogens with two attached hydrogens (primary N) is 1. The van der Waals surface area contributed by atoms with E-state index >= 15 is 0 Å². The van der Waals surface area contributed by atoms with Gasteiger partial charge in [0.15, 0.2) is 0 Å². The number of para-hydroxylation sites is 1. The highest BCUT2D eigenvalue weighted by Gasteiger charge is 2.20. The molecule has 0 saturated carbocycles. The summed E-state index contributed by atoms with van der Waals surface area (Å²) in [5.74, 6) is 0. The van der Waals surface area contributed by atoms with E-state index in [9.17, 15) is 0 Å². The maximum absolute atomic E-state index is 5.95. The van der Waals surface area contributed by atoms with Crippen LogP contribution in [0.15, 0.2) is 22.7 Å². The second kappa shape index (κ2) is 3.81. The molecule has 1 aromatic rings. The van der Waals surface area contributed by atoms with E-state index in [0.29, 0.717) is 0 Å². The Labute approximate surface area is 94.2 Å². The quantitative estimate of drug-likeness (QED) is 0.782. The molecule has 0 heterocycles. The van der Waals surface area contributed by atoms with E-state index < -0.39 is 0 Å². The summed E-state index contributed by atoms with van der Waals surface area (Å²) in [7, 11) is 2.05. The van der Waals surface area contributed by atoms with Gasteiger partial charge in [-0.2, -0.15) is 0 Å². The average Bonchev–Trinajstić information content (AvgIpc) is 2.01. The highest BCUT2D eigenvalue weighted by atomic mass is 79.9. The third-order valence-electron chi connectivity index (χ3n) is 2.36. The van der Waals surface area contributed by atoms with Crippen LogP contribution < -0.4 is 10.6 Å². The fourth-order valence-corrected chi connectivity index (χ4v) is 1.87. The number of hydrogen-bond acceptors (Lipinski definition) is 2. The lowest BCUT2D eigenvalue weighted by Gasteiger charge is -2.35. The van der Waals surface area contributed by atoms with Gasteiger partial charge in [-0.15, -0.1) is 0 Å². The third kappa shape index (κ3) is 2.21. The first-order valence-corrected chi connectivity index (χ1v) is 5.41. The second-order valence-corrected chi connectivity index (χ2v) is 5.26. The number of hydrogen-bond donors (Lipinski definition) is 1. The molecule has 0 saturated heterocycles. The second-order valence-electron chi connectivity index (χ2n) is 4.41. The summed E-state index contributed by atoms with van der Waals surface area (Å²) in [6.07, 6.45) is 0. The van der Waals surface area contributed by atoms with Crippen LogP contribution in [0.3, 0.4) is 0 Å². The zero-order valence-electron chi connectivity index (χ0n) is 9.13. The zero-order valence-corrected chi connectivity index (χ0v) is 10.7.